The number of alkyl halides is 9. The van der Waals surface area contributed by atoms with Crippen molar-refractivity contribution in [1.29, 1.82) is 0 Å². The summed E-state index contributed by atoms with van der Waals surface area (Å²) in [6.45, 7) is 1.03. The molecule has 0 aromatic heterocycles. The summed E-state index contributed by atoms with van der Waals surface area (Å²) < 4.78 is 138. The molecule has 2 aromatic carbocycles. The van der Waals surface area contributed by atoms with Crippen LogP contribution in [0.15, 0.2) is 48.5 Å². The van der Waals surface area contributed by atoms with Crippen molar-refractivity contribution in [3.05, 3.63) is 59.7 Å². The summed E-state index contributed by atoms with van der Waals surface area (Å²) in [5, 5.41) is -1.77. The first-order chi connectivity index (χ1) is 14.9. The summed E-state index contributed by atoms with van der Waals surface area (Å²) in [5.74, 6) is 0. The minimum atomic E-state index is -6.36. The van der Waals surface area contributed by atoms with Crippen LogP contribution in [0.25, 0.3) is 0 Å². The van der Waals surface area contributed by atoms with Crippen LogP contribution < -0.4 is 10.6 Å². The number of benzene rings is 2. The van der Waals surface area contributed by atoms with Gasteiger partial charge < -0.3 is 0 Å². The first kappa shape index (κ1) is 24.0. The Hall–Kier alpha value is -2.17. The van der Waals surface area contributed by atoms with Crippen LogP contribution in [0.2, 0.25) is 0 Å². The van der Waals surface area contributed by atoms with Crippen molar-refractivity contribution in [2.24, 2.45) is 0 Å². The topological polar surface area (TPSA) is 35.5 Å². The van der Waals surface area contributed by atoms with Crippen LogP contribution in [0, 0.1) is 0 Å². The maximum atomic E-state index is 14.2. The number of hydrogen-bond donors (Lipinski definition) is 0. The van der Waals surface area contributed by atoms with Gasteiger partial charge in [-0.05, 0) is 0 Å². The summed E-state index contributed by atoms with van der Waals surface area (Å²) in [4.78, 5) is 13.2. The van der Waals surface area contributed by atoms with Gasteiger partial charge in [-0.15, -0.1) is 0 Å². The summed E-state index contributed by atoms with van der Waals surface area (Å²) >= 11 is 0. The van der Waals surface area contributed by atoms with Crippen LogP contribution in [-0.4, -0.2) is 24.1 Å². The molecule has 0 amide bonds. The first-order valence-electron chi connectivity index (χ1n) is 9.25. The predicted molar refractivity (Wildman–Crippen MR) is 99.1 cm³/mol. The number of fused-ring (bicyclic) bond motifs is 4. The number of hydrogen-bond acceptors (Lipinski definition) is 3. The number of carbonyl (C=O) groups is 1. The third-order valence-electron chi connectivity index (χ3n) is 6.16. The Balaban J connectivity index is 2.27. The van der Waals surface area contributed by atoms with E-state index in [9.17, 15) is 44.3 Å². The Kier molecular flexibility index (Phi) is 4.56. The van der Waals surface area contributed by atoms with Gasteiger partial charge in [0.25, 0.3) is 0 Å². The quantitative estimate of drug-likeness (QED) is 0.368. The molecule has 1 spiro atoms. The number of rotatable bonds is 1. The molecular weight excluding hydrogens is 490 g/mol. The van der Waals surface area contributed by atoms with Gasteiger partial charge >= 0.3 is 180 Å². The summed E-state index contributed by atoms with van der Waals surface area (Å²) in [5.41, 5.74) is -12.3. The molecule has 33 heavy (non-hydrogen) atoms. The van der Waals surface area contributed by atoms with Gasteiger partial charge in [0.1, 0.15) is 0 Å². The molecule has 2 aliphatic heterocycles. The van der Waals surface area contributed by atoms with E-state index in [1.54, 1.807) is 0 Å². The Morgan fingerprint density at radius 3 is 1.58 bits per heavy atom. The van der Waals surface area contributed by atoms with Gasteiger partial charge in [0.15, 0.2) is 0 Å². The summed E-state index contributed by atoms with van der Waals surface area (Å²) in [6.07, 6.45) is -17.7. The first-order valence-corrected chi connectivity index (χ1v) is 11.3. The van der Waals surface area contributed by atoms with Crippen molar-refractivity contribution in [2.45, 2.75) is 43.6 Å². The van der Waals surface area contributed by atoms with E-state index in [2.05, 4.69) is 0 Å². The molecule has 1 unspecified atom stereocenters. The number of halogens is 9. The molecular formula is C20H14F9O3P. The molecule has 2 aliphatic rings. The molecule has 0 fully saturated rings. The Morgan fingerprint density at radius 1 is 0.727 bits per heavy atom. The van der Waals surface area contributed by atoms with E-state index in [1.807, 2.05) is 0 Å². The van der Waals surface area contributed by atoms with E-state index < -0.39 is 64.0 Å². The van der Waals surface area contributed by atoms with Gasteiger partial charge in [-0.3, -0.25) is 0 Å². The van der Waals surface area contributed by atoms with Crippen molar-refractivity contribution in [2.75, 3.05) is 0 Å². The zero-order valence-corrected chi connectivity index (χ0v) is 17.6. The average molecular weight is 504 g/mol. The fourth-order valence-electron chi connectivity index (χ4n) is 4.65. The van der Waals surface area contributed by atoms with Crippen molar-refractivity contribution in [1.82, 2.24) is 0 Å². The second-order valence-electron chi connectivity index (χ2n) is 7.90. The molecule has 13 heteroatoms. The van der Waals surface area contributed by atoms with Crippen LogP contribution in [0.3, 0.4) is 0 Å². The van der Waals surface area contributed by atoms with E-state index in [1.165, 1.54) is 0 Å². The zero-order valence-electron chi connectivity index (χ0n) is 16.7. The minimum absolute atomic E-state index is 0.440. The van der Waals surface area contributed by atoms with Gasteiger partial charge in [0.05, 0.1) is 0 Å². The Labute approximate surface area is 180 Å². The number of carbonyl (C=O) groups excluding carboxylic acids is 1. The molecule has 2 aromatic rings. The van der Waals surface area contributed by atoms with E-state index in [0.29, 0.717) is 19.9 Å². The molecule has 0 saturated carbocycles. The molecule has 180 valence electrons. The van der Waals surface area contributed by atoms with Crippen LogP contribution in [-0.2, 0) is 25.0 Å². The maximum absolute atomic E-state index is 14.2. The van der Waals surface area contributed by atoms with Gasteiger partial charge in [-0.1, -0.05) is 0 Å². The van der Waals surface area contributed by atoms with Crippen molar-refractivity contribution >= 4 is 23.2 Å². The van der Waals surface area contributed by atoms with Gasteiger partial charge in [0.2, 0.25) is 0 Å². The summed E-state index contributed by atoms with van der Waals surface area (Å²) in [7, 11) is -6.36. The van der Waals surface area contributed by atoms with Crippen LogP contribution >= 0.6 is 7.06 Å². The zero-order chi connectivity index (χ0) is 24.9. The van der Waals surface area contributed by atoms with Crippen molar-refractivity contribution < 1.29 is 53.4 Å². The van der Waals surface area contributed by atoms with Crippen LogP contribution in [0.4, 0.5) is 39.5 Å². The third kappa shape index (κ3) is 2.46. The Morgan fingerprint density at radius 2 is 1.15 bits per heavy atom. The average Bonchev–Trinajstić information content (AvgIpc) is 3.11. The molecule has 0 bridgehead atoms. The van der Waals surface area contributed by atoms with Crippen LogP contribution in [0.5, 0.6) is 0 Å². The molecule has 0 radical (unpaired) electrons. The standard InChI is InChI=1S/C20H14F9O3P/c1-11(30)33(14-9-5-3-7-12(14)16(2,31-33)18(21,22)23)15-10-6-4-8-13(15)17(32-33,19(24,25)26)20(27,28)29/h3-10H,1-2H3. The van der Waals surface area contributed by atoms with Gasteiger partial charge in [-0.2, -0.15) is 0 Å². The Bertz CT molecular complexity index is 1160. The van der Waals surface area contributed by atoms with Gasteiger partial charge in [-0.25, -0.2) is 0 Å². The second-order valence-corrected chi connectivity index (χ2v) is 11.8. The van der Waals surface area contributed by atoms with E-state index in [0.717, 1.165) is 42.5 Å². The molecule has 4 rings (SSSR count). The van der Waals surface area contributed by atoms with Crippen molar-refractivity contribution in [3.63, 3.8) is 0 Å². The van der Waals surface area contributed by atoms with Crippen molar-refractivity contribution in [3.8, 4) is 0 Å². The molecule has 2 heterocycles. The fourth-order valence-corrected chi connectivity index (χ4v) is 10.1. The van der Waals surface area contributed by atoms with E-state index in [4.69, 9.17) is 9.05 Å². The predicted octanol–water partition coefficient (Wildman–Crippen LogP) is 5.73. The van der Waals surface area contributed by atoms with Gasteiger partial charge in [0, 0.05) is 0 Å². The third-order valence-corrected chi connectivity index (χ3v) is 11.2. The fraction of sp³-hybridized carbons (Fsp3) is 0.350. The molecule has 0 N–H and O–H groups in total. The SMILES string of the molecule is CC(=O)P12(OC(C)(C(F)(F)F)c3ccccc31)OC(C(F)(F)F)(C(F)(F)F)c1ccccc12. The normalized spacial score (nSPS) is 26.3. The van der Waals surface area contributed by atoms with Crippen LogP contribution in [0.1, 0.15) is 25.0 Å². The molecule has 0 saturated heterocycles. The molecule has 0 aliphatic carbocycles. The second kappa shape index (κ2) is 6.28. The monoisotopic (exact) mass is 504 g/mol. The van der Waals surface area contributed by atoms with E-state index >= 15 is 0 Å². The summed E-state index contributed by atoms with van der Waals surface area (Å²) in [6, 6.07) is 6.92. The molecule has 3 nitrogen and oxygen atoms in total. The van der Waals surface area contributed by atoms with E-state index in [-0.39, 0.29) is 0 Å². The molecule has 1 atom stereocenters.